The SMILES string of the molecule is COc1cccc([C@@H]2CNC[C@H]2CN(C(C)=O)C(C)C)c1. The highest BCUT2D eigenvalue weighted by Crippen LogP contribution is 2.31. The van der Waals surface area contributed by atoms with Crippen LogP contribution in [0.15, 0.2) is 24.3 Å². The molecule has 1 amide bonds. The highest BCUT2D eigenvalue weighted by molar-refractivity contribution is 5.73. The van der Waals surface area contributed by atoms with E-state index in [1.165, 1.54) is 5.56 Å². The minimum absolute atomic E-state index is 0.154. The van der Waals surface area contributed by atoms with Crippen molar-refractivity contribution in [1.29, 1.82) is 0 Å². The molecule has 0 spiro atoms. The van der Waals surface area contributed by atoms with Gasteiger partial charge in [0.15, 0.2) is 0 Å². The third kappa shape index (κ3) is 3.76. The van der Waals surface area contributed by atoms with Crippen molar-refractivity contribution in [3.63, 3.8) is 0 Å². The van der Waals surface area contributed by atoms with Gasteiger partial charge >= 0.3 is 0 Å². The van der Waals surface area contributed by atoms with Crippen molar-refractivity contribution in [1.82, 2.24) is 10.2 Å². The third-order valence-corrected chi connectivity index (χ3v) is 4.32. The number of methoxy groups -OCH3 is 1. The Kier molecular flexibility index (Phi) is 5.23. The van der Waals surface area contributed by atoms with Crippen LogP contribution in [0.4, 0.5) is 0 Å². The van der Waals surface area contributed by atoms with Crippen molar-refractivity contribution in [2.24, 2.45) is 5.92 Å². The van der Waals surface area contributed by atoms with Crippen LogP contribution in [0, 0.1) is 5.92 Å². The summed E-state index contributed by atoms with van der Waals surface area (Å²) < 4.78 is 5.32. The molecule has 116 valence electrons. The molecule has 1 aliphatic rings. The molecule has 4 nitrogen and oxygen atoms in total. The van der Waals surface area contributed by atoms with Gasteiger partial charge in [0.1, 0.15) is 5.75 Å². The molecule has 2 atom stereocenters. The Hall–Kier alpha value is -1.55. The van der Waals surface area contributed by atoms with E-state index in [2.05, 4.69) is 31.3 Å². The number of carbonyl (C=O) groups excluding carboxylic acids is 1. The summed E-state index contributed by atoms with van der Waals surface area (Å²) in [6.07, 6.45) is 0. The van der Waals surface area contributed by atoms with E-state index in [4.69, 9.17) is 4.74 Å². The third-order valence-electron chi connectivity index (χ3n) is 4.32. The highest BCUT2D eigenvalue weighted by Gasteiger charge is 2.31. The molecule has 1 fully saturated rings. The Morgan fingerprint density at radius 3 is 2.81 bits per heavy atom. The lowest BCUT2D eigenvalue weighted by molar-refractivity contribution is -0.131. The van der Waals surface area contributed by atoms with E-state index < -0.39 is 0 Å². The summed E-state index contributed by atoms with van der Waals surface area (Å²) in [7, 11) is 1.69. The number of hydrogen-bond acceptors (Lipinski definition) is 3. The minimum Gasteiger partial charge on any atom is -0.497 e. The number of amides is 1. The number of benzene rings is 1. The van der Waals surface area contributed by atoms with Crippen LogP contribution in [0.3, 0.4) is 0 Å². The van der Waals surface area contributed by atoms with Gasteiger partial charge in [0.05, 0.1) is 7.11 Å². The van der Waals surface area contributed by atoms with Crippen molar-refractivity contribution in [2.45, 2.75) is 32.7 Å². The van der Waals surface area contributed by atoms with Crippen molar-refractivity contribution in [3.8, 4) is 5.75 Å². The Balaban J connectivity index is 2.14. The lowest BCUT2D eigenvalue weighted by atomic mass is 9.88. The summed E-state index contributed by atoms with van der Waals surface area (Å²) in [6, 6.07) is 8.51. The maximum absolute atomic E-state index is 11.8. The Morgan fingerprint density at radius 2 is 2.19 bits per heavy atom. The number of nitrogens with one attached hydrogen (secondary N) is 1. The second-order valence-corrected chi connectivity index (χ2v) is 6.07. The zero-order chi connectivity index (χ0) is 15.4. The Labute approximate surface area is 127 Å². The molecule has 0 bridgehead atoms. The van der Waals surface area contributed by atoms with E-state index in [1.54, 1.807) is 14.0 Å². The van der Waals surface area contributed by atoms with Gasteiger partial charge in [0, 0.05) is 38.5 Å². The predicted molar refractivity (Wildman–Crippen MR) is 84.6 cm³/mol. The molecular formula is C17H26N2O2. The summed E-state index contributed by atoms with van der Waals surface area (Å²) in [6.45, 7) is 8.53. The maximum Gasteiger partial charge on any atom is 0.219 e. The minimum atomic E-state index is 0.154. The average Bonchev–Trinajstić information content (AvgIpc) is 2.92. The smallest absolute Gasteiger partial charge is 0.219 e. The molecule has 0 aromatic heterocycles. The van der Waals surface area contributed by atoms with Crippen molar-refractivity contribution in [3.05, 3.63) is 29.8 Å². The van der Waals surface area contributed by atoms with Crippen LogP contribution in [-0.4, -0.2) is 43.6 Å². The van der Waals surface area contributed by atoms with Crippen LogP contribution in [0.5, 0.6) is 5.75 Å². The zero-order valence-electron chi connectivity index (χ0n) is 13.4. The second kappa shape index (κ2) is 6.94. The van der Waals surface area contributed by atoms with E-state index in [0.717, 1.165) is 25.4 Å². The van der Waals surface area contributed by atoms with Gasteiger partial charge in [0.25, 0.3) is 0 Å². The molecule has 21 heavy (non-hydrogen) atoms. The fraction of sp³-hybridized carbons (Fsp3) is 0.588. The molecule has 0 unspecified atom stereocenters. The molecule has 1 aliphatic heterocycles. The van der Waals surface area contributed by atoms with Crippen LogP contribution in [0.2, 0.25) is 0 Å². The first-order valence-electron chi connectivity index (χ1n) is 7.64. The van der Waals surface area contributed by atoms with Gasteiger partial charge in [-0.3, -0.25) is 4.79 Å². The van der Waals surface area contributed by atoms with Gasteiger partial charge in [-0.25, -0.2) is 0 Å². The van der Waals surface area contributed by atoms with E-state index in [9.17, 15) is 4.79 Å². The largest absolute Gasteiger partial charge is 0.497 e. The molecule has 4 heteroatoms. The molecule has 1 heterocycles. The van der Waals surface area contributed by atoms with Gasteiger partial charge < -0.3 is 15.0 Å². The molecule has 1 saturated heterocycles. The van der Waals surface area contributed by atoms with Crippen LogP contribution < -0.4 is 10.1 Å². The fourth-order valence-electron chi connectivity index (χ4n) is 3.14. The standard InChI is InChI=1S/C17H26N2O2/c1-12(2)19(13(3)20)11-15-9-18-10-17(15)14-6-5-7-16(8-14)21-4/h5-8,12,15,17-18H,9-11H2,1-4H3/t15-,17-/m0/s1. The van der Waals surface area contributed by atoms with Gasteiger partial charge in [-0.2, -0.15) is 0 Å². The lowest BCUT2D eigenvalue weighted by Gasteiger charge is -2.30. The van der Waals surface area contributed by atoms with Gasteiger partial charge in [0.2, 0.25) is 5.91 Å². The monoisotopic (exact) mass is 290 g/mol. The maximum atomic E-state index is 11.8. The van der Waals surface area contributed by atoms with Gasteiger partial charge in [-0.1, -0.05) is 12.1 Å². The van der Waals surface area contributed by atoms with Crippen LogP contribution in [0.25, 0.3) is 0 Å². The van der Waals surface area contributed by atoms with Gasteiger partial charge in [-0.05, 0) is 37.5 Å². The summed E-state index contributed by atoms with van der Waals surface area (Å²) in [5, 5.41) is 3.46. The first-order valence-corrected chi connectivity index (χ1v) is 7.64. The fourth-order valence-corrected chi connectivity index (χ4v) is 3.14. The van der Waals surface area contributed by atoms with Crippen molar-refractivity contribution in [2.75, 3.05) is 26.7 Å². The molecule has 0 saturated carbocycles. The zero-order valence-corrected chi connectivity index (χ0v) is 13.4. The molecule has 1 aromatic rings. The number of rotatable bonds is 5. The number of hydrogen-bond donors (Lipinski definition) is 1. The number of carbonyl (C=O) groups is 1. The van der Waals surface area contributed by atoms with Crippen molar-refractivity contribution < 1.29 is 9.53 Å². The molecule has 1 aromatic carbocycles. The lowest BCUT2D eigenvalue weighted by Crippen LogP contribution is -2.40. The number of ether oxygens (including phenoxy) is 1. The topological polar surface area (TPSA) is 41.6 Å². The molecular weight excluding hydrogens is 264 g/mol. The van der Waals surface area contributed by atoms with E-state index in [-0.39, 0.29) is 11.9 Å². The summed E-state index contributed by atoms with van der Waals surface area (Å²) >= 11 is 0. The van der Waals surface area contributed by atoms with Crippen LogP contribution in [0.1, 0.15) is 32.3 Å². The van der Waals surface area contributed by atoms with Gasteiger partial charge in [-0.15, -0.1) is 0 Å². The quantitative estimate of drug-likeness (QED) is 0.904. The second-order valence-electron chi connectivity index (χ2n) is 6.07. The first kappa shape index (κ1) is 15.8. The van der Waals surface area contributed by atoms with Crippen LogP contribution in [-0.2, 0) is 4.79 Å². The Bertz CT molecular complexity index is 487. The van der Waals surface area contributed by atoms with Crippen LogP contribution >= 0.6 is 0 Å². The summed E-state index contributed by atoms with van der Waals surface area (Å²) in [5.41, 5.74) is 1.29. The molecule has 2 rings (SSSR count). The van der Waals surface area contributed by atoms with Crippen molar-refractivity contribution >= 4 is 5.91 Å². The molecule has 0 radical (unpaired) electrons. The van der Waals surface area contributed by atoms with E-state index in [0.29, 0.717) is 11.8 Å². The first-order chi connectivity index (χ1) is 10.0. The summed E-state index contributed by atoms with van der Waals surface area (Å²) in [5.74, 6) is 1.93. The highest BCUT2D eigenvalue weighted by atomic mass is 16.5. The predicted octanol–water partition coefficient (Wildman–Crippen LogP) is 2.26. The van der Waals surface area contributed by atoms with E-state index in [1.807, 2.05) is 17.0 Å². The summed E-state index contributed by atoms with van der Waals surface area (Å²) in [4.78, 5) is 13.8. The average molecular weight is 290 g/mol. The normalized spacial score (nSPS) is 21.6. The molecule has 1 N–H and O–H groups in total. The number of nitrogens with zero attached hydrogens (tertiary/aromatic N) is 1. The van der Waals surface area contributed by atoms with E-state index >= 15 is 0 Å². The Morgan fingerprint density at radius 1 is 1.43 bits per heavy atom. The molecule has 0 aliphatic carbocycles.